The van der Waals surface area contributed by atoms with E-state index < -0.39 is 20.0 Å². The lowest BCUT2D eigenvalue weighted by Crippen LogP contribution is -2.18. The minimum Gasteiger partial charge on any atom is -0.398 e. The molecule has 8 nitrogen and oxygen atoms in total. The summed E-state index contributed by atoms with van der Waals surface area (Å²) in [6, 6.07) is 5.04. The van der Waals surface area contributed by atoms with Gasteiger partial charge in [0, 0.05) is 17.1 Å². The highest BCUT2D eigenvalue weighted by atomic mass is 32.2. The van der Waals surface area contributed by atoms with E-state index in [9.17, 15) is 16.8 Å². The largest absolute Gasteiger partial charge is 0.398 e. The molecule has 0 aliphatic carbocycles. The van der Waals surface area contributed by atoms with Gasteiger partial charge in [-0.1, -0.05) is 0 Å². The Labute approximate surface area is 147 Å². The Balaban J connectivity index is 2.51. The predicted octanol–water partition coefficient (Wildman–Crippen LogP) is 1.22. The number of nitrogen functional groups attached to an aromatic ring is 2. The Morgan fingerprint density at radius 2 is 1.24 bits per heavy atom. The average molecular weight is 384 g/mol. The summed E-state index contributed by atoms with van der Waals surface area (Å²) in [6.45, 7) is 4.93. The molecule has 2 rings (SSSR count). The van der Waals surface area contributed by atoms with E-state index in [1.165, 1.54) is 24.3 Å². The predicted molar refractivity (Wildman–Crippen MR) is 98.1 cm³/mol. The molecular weight excluding hydrogens is 364 g/mol. The van der Waals surface area contributed by atoms with E-state index in [0.29, 0.717) is 28.1 Å². The molecule has 136 valence electrons. The van der Waals surface area contributed by atoms with E-state index >= 15 is 0 Å². The van der Waals surface area contributed by atoms with Crippen LogP contribution in [0.1, 0.15) is 16.7 Å². The fourth-order valence-electron chi connectivity index (χ4n) is 2.56. The van der Waals surface area contributed by atoms with Crippen LogP contribution in [0.15, 0.2) is 34.1 Å². The van der Waals surface area contributed by atoms with Crippen LogP contribution in [0.2, 0.25) is 0 Å². The van der Waals surface area contributed by atoms with Crippen molar-refractivity contribution in [3.8, 4) is 0 Å². The molecule has 25 heavy (non-hydrogen) atoms. The van der Waals surface area contributed by atoms with Crippen LogP contribution in [0.4, 0.5) is 17.1 Å². The van der Waals surface area contributed by atoms with Crippen LogP contribution in [0.25, 0.3) is 0 Å². The van der Waals surface area contributed by atoms with Gasteiger partial charge in [0.25, 0.3) is 10.0 Å². The van der Waals surface area contributed by atoms with Gasteiger partial charge in [-0.15, -0.1) is 0 Å². The van der Waals surface area contributed by atoms with Crippen LogP contribution < -0.4 is 21.3 Å². The van der Waals surface area contributed by atoms with Gasteiger partial charge in [0.2, 0.25) is 10.0 Å². The minimum atomic E-state index is -3.98. The number of nitrogens with two attached hydrogens (primary N) is 3. The number of anilines is 3. The molecule has 0 saturated carbocycles. The average Bonchev–Trinajstić information content (AvgIpc) is 2.50. The summed E-state index contributed by atoms with van der Waals surface area (Å²) >= 11 is 0. The van der Waals surface area contributed by atoms with E-state index in [-0.39, 0.29) is 15.5 Å². The molecule has 2 aromatic rings. The summed E-state index contributed by atoms with van der Waals surface area (Å²) in [6.07, 6.45) is 0. The zero-order chi connectivity index (χ0) is 19.2. The highest BCUT2D eigenvalue weighted by Gasteiger charge is 2.24. The maximum atomic E-state index is 12.8. The highest BCUT2D eigenvalue weighted by Crippen LogP contribution is 2.34. The van der Waals surface area contributed by atoms with Crippen molar-refractivity contribution >= 4 is 37.1 Å². The third kappa shape index (κ3) is 3.55. The first-order valence-electron chi connectivity index (χ1n) is 7.16. The van der Waals surface area contributed by atoms with Gasteiger partial charge in [0.1, 0.15) is 0 Å². The molecule has 0 aromatic heterocycles. The van der Waals surface area contributed by atoms with Crippen LogP contribution in [0, 0.1) is 20.8 Å². The number of hydrogen-bond donors (Lipinski definition) is 4. The maximum Gasteiger partial charge on any atom is 0.262 e. The van der Waals surface area contributed by atoms with E-state index in [4.69, 9.17) is 16.6 Å². The SMILES string of the molecule is Cc1c(N)c(C)c(S(=O)(=O)Nc2ccc(S(N)(=O)=O)cc2)c(C)c1N. The molecule has 0 amide bonds. The summed E-state index contributed by atoms with van der Waals surface area (Å²) in [5.41, 5.74) is 14.2. The van der Waals surface area contributed by atoms with Gasteiger partial charge < -0.3 is 11.5 Å². The van der Waals surface area contributed by atoms with Crippen molar-refractivity contribution in [3.05, 3.63) is 41.0 Å². The Morgan fingerprint density at radius 1 is 0.800 bits per heavy atom. The summed E-state index contributed by atoms with van der Waals surface area (Å²) in [5, 5.41) is 5.02. The molecule has 0 atom stereocenters. The number of nitrogens with one attached hydrogen (secondary N) is 1. The number of sulfonamides is 2. The van der Waals surface area contributed by atoms with E-state index in [1.807, 2.05) is 0 Å². The maximum absolute atomic E-state index is 12.8. The van der Waals surface area contributed by atoms with Crippen molar-refractivity contribution < 1.29 is 16.8 Å². The van der Waals surface area contributed by atoms with Crippen molar-refractivity contribution in [2.75, 3.05) is 16.2 Å². The second kappa shape index (κ2) is 6.21. The summed E-state index contributed by atoms with van der Waals surface area (Å²) in [5.74, 6) is 0. The number of hydrogen-bond acceptors (Lipinski definition) is 6. The smallest absolute Gasteiger partial charge is 0.262 e. The molecule has 7 N–H and O–H groups in total. The van der Waals surface area contributed by atoms with Crippen molar-refractivity contribution in [1.29, 1.82) is 0 Å². The zero-order valence-electron chi connectivity index (χ0n) is 14.0. The molecule has 0 saturated heterocycles. The van der Waals surface area contributed by atoms with Crippen molar-refractivity contribution in [3.63, 3.8) is 0 Å². The lowest BCUT2D eigenvalue weighted by atomic mass is 10.0. The molecule has 2 aromatic carbocycles. The van der Waals surface area contributed by atoms with Crippen molar-refractivity contribution in [1.82, 2.24) is 0 Å². The third-order valence-electron chi connectivity index (χ3n) is 4.00. The normalized spacial score (nSPS) is 12.2. The van der Waals surface area contributed by atoms with Gasteiger partial charge in [0.05, 0.1) is 9.79 Å². The summed E-state index contributed by atoms with van der Waals surface area (Å²) in [4.78, 5) is -0.116. The standard InChI is InChI=1S/C15H20N4O4S2/c1-8-13(16)9(2)15(10(3)14(8)17)25(22,23)19-11-4-6-12(7-5-11)24(18,20)21/h4-7,19H,16-17H2,1-3H3,(H2,18,20,21). The lowest BCUT2D eigenvalue weighted by molar-refractivity contribution is 0.597. The van der Waals surface area contributed by atoms with E-state index in [0.717, 1.165) is 0 Å². The Hall–Kier alpha value is -2.30. The molecular formula is C15H20N4O4S2. The second-order valence-corrected chi connectivity index (χ2v) is 8.89. The molecule has 0 bridgehead atoms. The summed E-state index contributed by atoms with van der Waals surface area (Å²) < 4.78 is 50.5. The first-order valence-corrected chi connectivity index (χ1v) is 10.2. The van der Waals surface area contributed by atoms with Crippen LogP contribution in [0.5, 0.6) is 0 Å². The molecule has 0 aliphatic rings. The van der Waals surface area contributed by atoms with Gasteiger partial charge in [-0.05, 0) is 61.7 Å². The quantitative estimate of drug-likeness (QED) is 0.580. The first-order chi connectivity index (χ1) is 11.4. The van der Waals surface area contributed by atoms with E-state index in [2.05, 4.69) is 4.72 Å². The van der Waals surface area contributed by atoms with Crippen LogP contribution >= 0.6 is 0 Å². The number of benzene rings is 2. The van der Waals surface area contributed by atoms with Crippen LogP contribution in [0.3, 0.4) is 0 Å². The summed E-state index contributed by atoms with van der Waals surface area (Å²) in [7, 11) is -7.83. The molecule has 0 radical (unpaired) electrons. The monoisotopic (exact) mass is 384 g/mol. The molecule has 0 heterocycles. The minimum absolute atomic E-state index is 0.00335. The van der Waals surface area contributed by atoms with Gasteiger partial charge in [-0.25, -0.2) is 22.0 Å². The van der Waals surface area contributed by atoms with Crippen LogP contribution in [-0.4, -0.2) is 16.8 Å². The Morgan fingerprint density at radius 3 is 1.64 bits per heavy atom. The topological polar surface area (TPSA) is 158 Å². The highest BCUT2D eigenvalue weighted by molar-refractivity contribution is 7.92. The van der Waals surface area contributed by atoms with Gasteiger partial charge in [-0.2, -0.15) is 0 Å². The molecule has 0 fully saturated rings. The lowest BCUT2D eigenvalue weighted by Gasteiger charge is -2.18. The number of rotatable bonds is 4. The van der Waals surface area contributed by atoms with Gasteiger partial charge in [-0.3, -0.25) is 4.72 Å². The van der Waals surface area contributed by atoms with Gasteiger partial charge in [0.15, 0.2) is 0 Å². The second-order valence-electron chi connectivity index (χ2n) is 5.71. The van der Waals surface area contributed by atoms with Crippen molar-refractivity contribution in [2.45, 2.75) is 30.6 Å². The fourth-order valence-corrected chi connectivity index (χ4v) is 4.65. The molecule has 10 heteroatoms. The Kier molecular flexibility index (Phi) is 4.73. The molecule has 0 unspecified atom stereocenters. The first kappa shape index (κ1) is 19.0. The zero-order valence-corrected chi connectivity index (χ0v) is 15.6. The van der Waals surface area contributed by atoms with Crippen molar-refractivity contribution in [2.24, 2.45) is 5.14 Å². The molecule has 0 aliphatic heterocycles. The van der Waals surface area contributed by atoms with E-state index in [1.54, 1.807) is 20.8 Å². The Bertz CT molecular complexity index is 1010. The number of primary sulfonamides is 1. The van der Waals surface area contributed by atoms with Crippen LogP contribution in [-0.2, 0) is 20.0 Å². The fraction of sp³-hybridized carbons (Fsp3) is 0.200. The third-order valence-corrected chi connectivity index (χ3v) is 6.58. The van der Waals surface area contributed by atoms with Gasteiger partial charge >= 0.3 is 0 Å². The molecule has 0 spiro atoms.